The molecule has 0 aliphatic carbocycles. The first kappa shape index (κ1) is 12.2. The maximum absolute atomic E-state index is 6.18. The Labute approximate surface area is 92.7 Å². The summed E-state index contributed by atoms with van der Waals surface area (Å²) in [5.74, 6) is 0. The normalized spacial score (nSPS) is 12.9. The van der Waals surface area contributed by atoms with Crippen molar-refractivity contribution in [3.8, 4) is 0 Å². The molecular formula is C13H22N2. The lowest BCUT2D eigenvalue weighted by Gasteiger charge is -2.18. The van der Waals surface area contributed by atoms with Gasteiger partial charge in [0.1, 0.15) is 0 Å². The van der Waals surface area contributed by atoms with Gasteiger partial charge >= 0.3 is 0 Å². The van der Waals surface area contributed by atoms with Gasteiger partial charge in [-0.1, -0.05) is 17.7 Å². The molecule has 15 heavy (non-hydrogen) atoms. The topological polar surface area (TPSA) is 52.0 Å². The number of benzene rings is 1. The van der Waals surface area contributed by atoms with Crippen LogP contribution in [-0.4, -0.2) is 6.54 Å². The summed E-state index contributed by atoms with van der Waals surface area (Å²) >= 11 is 0. The molecule has 0 saturated heterocycles. The van der Waals surface area contributed by atoms with Crippen LogP contribution in [-0.2, 0) is 0 Å². The van der Waals surface area contributed by atoms with Crippen molar-refractivity contribution in [1.29, 1.82) is 0 Å². The molecule has 1 atom stereocenters. The number of hydrogen-bond acceptors (Lipinski definition) is 2. The summed E-state index contributed by atoms with van der Waals surface area (Å²) < 4.78 is 0. The molecule has 0 aliphatic heterocycles. The van der Waals surface area contributed by atoms with Crippen molar-refractivity contribution in [1.82, 2.24) is 0 Å². The average molecular weight is 206 g/mol. The van der Waals surface area contributed by atoms with Crippen LogP contribution in [0.2, 0.25) is 0 Å². The fraction of sp³-hybridized carbons (Fsp3) is 0.538. The van der Waals surface area contributed by atoms with Crippen LogP contribution in [0.25, 0.3) is 0 Å². The van der Waals surface area contributed by atoms with Gasteiger partial charge in [-0.15, -0.1) is 0 Å². The van der Waals surface area contributed by atoms with Crippen molar-refractivity contribution >= 4 is 0 Å². The molecule has 0 spiro atoms. The van der Waals surface area contributed by atoms with Crippen molar-refractivity contribution in [3.05, 3.63) is 34.4 Å². The van der Waals surface area contributed by atoms with E-state index in [9.17, 15) is 0 Å². The fourth-order valence-corrected chi connectivity index (χ4v) is 2.26. The van der Waals surface area contributed by atoms with E-state index >= 15 is 0 Å². The molecule has 84 valence electrons. The maximum atomic E-state index is 6.18. The first-order valence-electron chi connectivity index (χ1n) is 5.59. The Kier molecular flexibility index (Phi) is 4.30. The molecule has 2 heteroatoms. The molecule has 1 unspecified atom stereocenters. The summed E-state index contributed by atoms with van der Waals surface area (Å²) in [5.41, 5.74) is 16.9. The molecule has 0 bridgehead atoms. The highest BCUT2D eigenvalue weighted by molar-refractivity contribution is 5.39. The van der Waals surface area contributed by atoms with Crippen molar-refractivity contribution in [2.24, 2.45) is 11.5 Å². The van der Waals surface area contributed by atoms with Crippen molar-refractivity contribution < 1.29 is 0 Å². The zero-order chi connectivity index (χ0) is 11.4. The molecule has 0 radical (unpaired) electrons. The van der Waals surface area contributed by atoms with Gasteiger partial charge in [-0.25, -0.2) is 0 Å². The minimum Gasteiger partial charge on any atom is -0.330 e. The predicted octanol–water partition coefficient (Wildman–Crippen LogP) is 2.35. The Bertz CT molecular complexity index is 308. The van der Waals surface area contributed by atoms with Gasteiger partial charge in [-0.2, -0.15) is 0 Å². The van der Waals surface area contributed by atoms with E-state index in [0.29, 0.717) is 0 Å². The molecule has 4 N–H and O–H groups in total. The van der Waals surface area contributed by atoms with Crippen LogP contribution < -0.4 is 11.5 Å². The van der Waals surface area contributed by atoms with Gasteiger partial charge in [0, 0.05) is 6.04 Å². The summed E-state index contributed by atoms with van der Waals surface area (Å²) in [6.45, 7) is 7.11. The van der Waals surface area contributed by atoms with Crippen LogP contribution in [0.15, 0.2) is 12.1 Å². The lowest BCUT2D eigenvalue weighted by atomic mass is 9.92. The van der Waals surface area contributed by atoms with E-state index in [2.05, 4.69) is 32.9 Å². The predicted molar refractivity (Wildman–Crippen MR) is 65.9 cm³/mol. The molecule has 0 saturated carbocycles. The van der Waals surface area contributed by atoms with Crippen molar-refractivity contribution in [2.75, 3.05) is 6.54 Å². The van der Waals surface area contributed by atoms with Gasteiger partial charge < -0.3 is 11.5 Å². The minimum atomic E-state index is 0.133. The smallest absolute Gasteiger partial charge is 0.0300 e. The summed E-state index contributed by atoms with van der Waals surface area (Å²) in [4.78, 5) is 0. The van der Waals surface area contributed by atoms with Crippen LogP contribution in [0.1, 0.15) is 41.1 Å². The van der Waals surface area contributed by atoms with Crippen LogP contribution in [0.5, 0.6) is 0 Å². The summed E-state index contributed by atoms with van der Waals surface area (Å²) in [6.07, 6.45) is 1.97. The molecular weight excluding hydrogens is 184 g/mol. The highest BCUT2D eigenvalue weighted by atomic mass is 14.6. The minimum absolute atomic E-state index is 0.133. The standard InChI is InChI=1S/C13H22N2/c1-9-7-10(2)13(11(3)8-9)12(15)5-4-6-14/h7-8,12H,4-6,14-15H2,1-3H3. The number of rotatable bonds is 4. The molecule has 1 aromatic carbocycles. The van der Waals surface area contributed by atoms with Gasteiger partial charge in [0.05, 0.1) is 0 Å². The largest absolute Gasteiger partial charge is 0.330 e. The quantitative estimate of drug-likeness (QED) is 0.794. The molecule has 0 aromatic heterocycles. The van der Waals surface area contributed by atoms with E-state index in [1.807, 2.05) is 0 Å². The third-order valence-corrected chi connectivity index (χ3v) is 2.83. The third-order valence-electron chi connectivity index (χ3n) is 2.83. The van der Waals surface area contributed by atoms with Crippen molar-refractivity contribution in [2.45, 2.75) is 39.7 Å². The second kappa shape index (κ2) is 5.29. The Morgan fingerprint density at radius 1 is 1.13 bits per heavy atom. The van der Waals surface area contributed by atoms with Crippen LogP contribution in [0, 0.1) is 20.8 Å². The second-order valence-electron chi connectivity index (χ2n) is 4.35. The van der Waals surface area contributed by atoms with E-state index in [1.54, 1.807) is 0 Å². The first-order valence-corrected chi connectivity index (χ1v) is 5.59. The van der Waals surface area contributed by atoms with Gasteiger partial charge in [-0.05, 0) is 56.8 Å². The summed E-state index contributed by atoms with van der Waals surface area (Å²) in [7, 11) is 0. The molecule has 1 rings (SSSR count). The van der Waals surface area contributed by atoms with E-state index < -0.39 is 0 Å². The van der Waals surface area contributed by atoms with Crippen LogP contribution in [0.4, 0.5) is 0 Å². The Hall–Kier alpha value is -0.860. The molecule has 0 aliphatic rings. The van der Waals surface area contributed by atoms with E-state index in [-0.39, 0.29) is 6.04 Å². The zero-order valence-corrected chi connectivity index (χ0v) is 10.0. The third kappa shape index (κ3) is 3.05. The number of aryl methyl sites for hydroxylation is 3. The van der Waals surface area contributed by atoms with Gasteiger partial charge in [-0.3, -0.25) is 0 Å². The maximum Gasteiger partial charge on any atom is 0.0300 e. The summed E-state index contributed by atoms with van der Waals surface area (Å²) in [6, 6.07) is 4.53. The molecule has 1 aromatic rings. The molecule has 0 amide bonds. The Morgan fingerprint density at radius 2 is 1.67 bits per heavy atom. The lowest BCUT2D eigenvalue weighted by Crippen LogP contribution is -2.15. The van der Waals surface area contributed by atoms with E-state index in [0.717, 1.165) is 19.4 Å². The second-order valence-corrected chi connectivity index (χ2v) is 4.35. The number of nitrogens with two attached hydrogens (primary N) is 2. The zero-order valence-electron chi connectivity index (χ0n) is 10.0. The fourth-order valence-electron chi connectivity index (χ4n) is 2.26. The molecule has 0 heterocycles. The van der Waals surface area contributed by atoms with Gasteiger partial charge in [0.15, 0.2) is 0 Å². The van der Waals surface area contributed by atoms with E-state index in [4.69, 9.17) is 11.5 Å². The molecule has 0 fully saturated rings. The monoisotopic (exact) mass is 206 g/mol. The van der Waals surface area contributed by atoms with Crippen LogP contribution >= 0.6 is 0 Å². The Morgan fingerprint density at radius 3 is 2.13 bits per heavy atom. The Balaban J connectivity index is 2.92. The number of hydrogen-bond donors (Lipinski definition) is 2. The van der Waals surface area contributed by atoms with Gasteiger partial charge in [0.25, 0.3) is 0 Å². The average Bonchev–Trinajstić information content (AvgIpc) is 2.12. The van der Waals surface area contributed by atoms with E-state index in [1.165, 1.54) is 22.3 Å². The highest BCUT2D eigenvalue weighted by Crippen LogP contribution is 2.24. The van der Waals surface area contributed by atoms with Gasteiger partial charge in [0.2, 0.25) is 0 Å². The summed E-state index contributed by atoms with van der Waals surface area (Å²) in [5, 5.41) is 0. The highest BCUT2D eigenvalue weighted by Gasteiger charge is 2.11. The lowest BCUT2D eigenvalue weighted by molar-refractivity contribution is 0.612. The van der Waals surface area contributed by atoms with Crippen LogP contribution in [0.3, 0.4) is 0 Å². The first-order chi connectivity index (χ1) is 7.06. The van der Waals surface area contributed by atoms with Crippen molar-refractivity contribution in [3.63, 3.8) is 0 Å². The SMILES string of the molecule is Cc1cc(C)c(C(N)CCCN)c(C)c1. The molecule has 2 nitrogen and oxygen atoms in total.